The van der Waals surface area contributed by atoms with Crippen LogP contribution in [0.15, 0.2) is 66.7 Å². The summed E-state index contributed by atoms with van der Waals surface area (Å²) in [5, 5.41) is 12.2. The van der Waals surface area contributed by atoms with Gasteiger partial charge in [0.05, 0.1) is 17.8 Å². The van der Waals surface area contributed by atoms with Gasteiger partial charge in [-0.15, -0.1) is 0 Å². The van der Waals surface area contributed by atoms with Crippen molar-refractivity contribution >= 4 is 22.5 Å². The van der Waals surface area contributed by atoms with Crippen LogP contribution in [0.4, 0.5) is 5.82 Å². The Morgan fingerprint density at radius 2 is 1.85 bits per heavy atom. The number of rotatable bonds is 4. The minimum Gasteiger partial charge on any atom is -0.309 e. The molecule has 5 heteroatoms. The minimum absolute atomic E-state index is 0.100. The van der Waals surface area contributed by atoms with Crippen molar-refractivity contribution in [2.24, 2.45) is 0 Å². The molecule has 2 aromatic carbocycles. The smallest absolute Gasteiger partial charge is 0.230 e. The highest BCUT2D eigenvalue weighted by molar-refractivity contribution is 5.95. The van der Waals surface area contributed by atoms with Crippen molar-refractivity contribution in [3.05, 3.63) is 78.0 Å². The molecule has 0 fully saturated rings. The van der Waals surface area contributed by atoms with Crippen LogP contribution in [0.5, 0.6) is 0 Å². The number of hydrogen-bond acceptors (Lipinski definition) is 3. The van der Waals surface area contributed by atoms with Crippen LogP contribution in [-0.4, -0.2) is 21.1 Å². The first kappa shape index (κ1) is 16.0. The third-order valence-corrected chi connectivity index (χ3v) is 4.24. The maximum Gasteiger partial charge on any atom is 0.230 e. The number of pyridine rings is 1. The van der Waals surface area contributed by atoms with Crippen molar-refractivity contribution in [2.75, 3.05) is 5.32 Å². The summed E-state index contributed by atoms with van der Waals surface area (Å²) in [6, 6.07) is 21.6. The number of benzene rings is 2. The van der Waals surface area contributed by atoms with Gasteiger partial charge in [-0.3, -0.25) is 14.9 Å². The normalized spacial score (nSPS) is 10.8. The lowest BCUT2D eigenvalue weighted by Crippen LogP contribution is -2.14. The van der Waals surface area contributed by atoms with Crippen LogP contribution in [0, 0.1) is 6.92 Å². The highest BCUT2D eigenvalue weighted by Crippen LogP contribution is 2.20. The second-order valence-electron chi connectivity index (χ2n) is 6.19. The van der Waals surface area contributed by atoms with Crippen molar-refractivity contribution in [3.63, 3.8) is 0 Å². The SMILES string of the molecule is Cc1cccc(-c2cc(NC(=O)Cc3cccc4ccccc34)n[nH]2)n1. The molecule has 2 aromatic heterocycles. The van der Waals surface area contributed by atoms with E-state index in [9.17, 15) is 4.79 Å². The van der Waals surface area contributed by atoms with E-state index in [0.29, 0.717) is 12.2 Å². The fraction of sp³-hybridized carbons (Fsp3) is 0.0952. The highest BCUT2D eigenvalue weighted by Gasteiger charge is 2.10. The van der Waals surface area contributed by atoms with E-state index in [1.54, 1.807) is 6.07 Å². The van der Waals surface area contributed by atoms with Gasteiger partial charge in [-0.25, -0.2) is 0 Å². The summed E-state index contributed by atoms with van der Waals surface area (Å²) in [6.07, 6.45) is 0.298. The first-order chi connectivity index (χ1) is 12.7. The molecule has 4 rings (SSSR count). The van der Waals surface area contributed by atoms with Crippen LogP contribution in [0.25, 0.3) is 22.2 Å². The lowest BCUT2D eigenvalue weighted by molar-refractivity contribution is -0.115. The molecule has 2 heterocycles. The number of aromatic nitrogens is 3. The first-order valence-electron chi connectivity index (χ1n) is 8.45. The minimum atomic E-state index is -0.100. The Labute approximate surface area is 151 Å². The van der Waals surface area contributed by atoms with Gasteiger partial charge in [0.1, 0.15) is 0 Å². The van der Waals surface area contributed by atoms with Gasteiger partial charge in [0.15, 0.2) is 5.82 Å². The van der Waals surface area contributed by atoms with Gasteiger partial charge in [0.2, 0.25) is 5.91 Å². The molecule has 0 atom stereocenters. The predicted octanol–water partition coefficient (Wildman–Crippen LogP) is 4.11. The van der Waals surface area contributed by atoms with Crippen molar-refractivity contribution in [3.8, 4) is 11.4 Å². The summed E-state index contributed by atoms with van der Waals surface area (Å²) >= 11 is 0. The van der Waals surface area contributed by atoms with Crippen molar-refractivity contribution in [1.82, 2.24) is 15.2 Å². The summed E-state index contributed by atoms with van der Waals surface area (Å²) in [7, 11) is 0. The van der Waals surface area contributed by atoms with Gasteiger partial charge in [0, 0.05) is 11.8 Å². The number of carbonyl (C=O) groups is 1. The molecule has 0 saturated heterocycles. The maximum absolute atomic E-state index is 12.4. The third-order valence-electron chi connectivity index (χ3n) is 4.24. The largest absolute Gasteiger partial charge is 0.309 e. The van der Waals surface area contributed by atoms with Crippen LogP contribution in [-0.2, 0) is 11.2 Å². The Hall–Kier alpha value is -3.47. The standard InChI is InChI=1S/C21H18N4O/c1-14-6-4-11-18(22-14)19-13-20(25-24-19)23-21(26)12-16-9-5-8-15-7-2-3-10-17(15)16/h2-11,13H,12H2,1H3,(H2,23,24,25,26). The van der Waals surface area contributed by atoms with E-state index in [4.69, 9.17) is 0 Å². The van der Waals surface area contributed by atoms with Crippen molar-refractivity contribution in [1.29, 1.82) is 0 Å². The zero-order chi connectivity index (χ0) is 17.9. The molecule has 0 aliphatic carbocycles. The molecule has 1 amide bonds. The Kier molecular flexibility index (Phi) is 4.19. The monoisotopic (exact) mass is 342 g/mol. The lowest BCUT2D eigenvalue weighted by atomic mass is 10.0. The Morgan fingerprint density at radius 1 is 1.04 bits per heavy atom. The molecule has 0 radical (unpaired) electrons. The molecule has 0 unspecified atom stereocenters. The summed E-state index contributed by atoms with van der Waals surface area (Å²) in [6.45, 7) is 1.94. The second-order valence-corrected chi connectivity index (χ2v) is 6.19. The summed E-state index contributed by atoms with van der Waals surface area (Å²) in [5.74, 6) is 0.394. The van der Waals surface area contributed by atoms with Crippen molar-refractivity contribution < 1.29 is 4.79 Å². The number of carbonyl (C=O) groups excluding carboxylic acids is 1. The number of H-pyrrole nitrogens is 1. The van der Waals surface area contributed by atoms with Crippen LogP contribution in [0.3, 0.4) is 0 Å². The number of anilines is 1. The Balaban J connectivity index is 1.50. The van der Waals surface area contributed by atoms with Gasteiger partial charge in [-0.2, -0.15) is 5.10 Å². The number of nitrogens with zero attached hydrogens (tertiary/aromatic N) is 2. The molecule has 0 aliphatic rings. The maximum atomic E-state index is 12.4. The van der Waals surface area contributed by atoms with Crippen LogP contribution in [0.2, 0.25) is 0 Å². The van der Waals surface area contributed by atoms with Gasteiger partial charge >= 0.3 is 0 Å². The fourth-order valence-electron chi connectivity index (χ4n) is 3.02. The van der Waals surface area contributed by atoms with E-state index in [2.05, 4.69) is 20.5 Å². The predicted molar refractivity (Wildman–Crippen MR) is 103 cm³/mol. The van der Waals surface area contributed by atoms with E-state index in [-0.39, 0.29) is 5.91 Å². The summed E-state index contributed by atoms with van der Waals surface area (Å²) < 4.78 is 0. The molecule has 5 nitrogen and oxygen atoms in total. The van der Waals surface area contributed by atoms with E-state index < -0.39 is 0 Å². The van der Waals surface area contributed by atoms with E-state index in [1.165, 1.54) is 0 Å². The average molecular weight is 342 g/mol. The lowest BCUT2D eigenvalue weighted by Gasteiger charge is -2.06. The number of aryl methyl sites for hydroxylation is 1. The number of hydrogen-bond donors (Lipinski definition) is 2. The molecule has 26 heavy (non-hydrogen) atoms. The number of nitrogens with one attached hydrogen (secondary N) is 2. The molecule has 4 aromatic rings. The van der Waals surface area contributed by atoms with Gasteiger partial charge < -0.3 is 5.32 Å². The van der Waals surface area contributed by atoms with Crippen LogP contribution in [0.1, 0.15) is 11.3 Å². The fourth-order valence-corrected chi connectivity index (χ4v) is 3.02. The molecule has 0 saturated carbocycles. The van der Waals surface area contributed by atoms with Gasteiger partial charge in [0.25, 0.3) is 0 Å². The van der Waals surface area contributed by atoms with Crippen LogP contribution < -0.4 is 5.32 Å². The summed E-state index contributed by atoms with van der Waals surface area (Å²) in [5.41, 5.74) is 3.50. The molecule has 0 spiro atoms. The highest BCUT2D eigenvalue weighted by atomic mass is 16.1. The van der Waals surface area contributed by atoms with E-state index in [1.807, 2.05) is 67.6 Å². The molecular weight excluding hydrogens is 324 g/mol. The molecule has 0 bridgehead atoms. The van der Waals surface area contributed by atoms with E-state index in [0.717, 1.165) is 33.4 Å². The first-order valence-corrected chi connectivity index (χ1v) is 8.45. The van der Waals surface area contributed by atoms with Crippen LogP contribution >= 0.6 is 0 Å². The Bertz CT molecular complexity index is 1080. The topological polar surface area (TPSA) is 70.7 Å². The van der Waals surface area contributed by atoms with Gasteiger partial charge in [-0.05, 0) is 35.4 Å². The molecule has 2 N–H and O–H groups in total. The molecular formula is C21H18N4O. The second kappa shape index (κ2) is 6.80. The quantitative estimate of drug-likeness (QED) is 0.586. The number of aromatic amines is 1. The molecule has 128 valence electrons. The Morgan fingerprint density at radius 3 is 2.73 bits per heavy atom. The average Bonchev–Trinajstić information content (AvgIpc) is 3.10. The molecule has 0 aliphatic heterocycles. The third kappa shape index (κ3) is 3.32. The van der Waals surface area contributed by atoms with E-state index >= 15 is 0 Å². The zero-order valence-corrected chi connectivity index (χ0v) is 14.4. The van der Waals surface area contributed by atoms with Gasteiger partial charge in [-0.1, -0.05) is 48.5 Å². The van der Waals surface area contributed by atoms with Crippen molar-refractivity contribution in [2.45, 2.75) is 13.3 Å². The number of amides is 1. The number of fused-ring (bicyclic) bond motifs is 1. The zero-order valence-electron chi connectivity index (χ0n) is 14.4. The summed E-state index contributed by atoms with van der Waals surface area (Å²) in [4.78, 5) is 16.9.